The number of ether oxygens (including phenoxy) is 2. The zero-order valence-corrected chi connectivity index (χ0v) is 15.9. The molecule has 0 fully saturated rings. The molecule has 2 N–H and O–H groups in total. The van der Waals surface area contributed by atoms with Gasteiger partial charge in [0.25, 0.3) is 0 Å². The molecule has 0 aromatic heterocycles. The van der Waals surface area contributed by atoms with E-state index in [0.29, 0.717) is 18.0 Å². The van der Waals surface area contributed by atoms with Crippen LogP contribution in [-0.2, 0) is 17.5 Å². The van der Waals surface area contributed by atoms with Crippen molar-refractivity contribution >= 4 is 11.6 Å². The van der Waals surface area contributed by atoms with Gasteiger partial charge in [-0.05, 0) is 36.8 Å². The molecule has 0 bridgehead atoms. The number of rotatable bonds is 8. The molecule has 8 heteroatoms. The Bertz CT molecular complexity index is 810. The summed E-state index contributed by atoms with van der Waals surface area (Å²) in [7, 11) is 3.09. The SMILES string of the molecule is COc1ccc(CNC(C)CC(=O)Nc2ccccc2C(F)(F)F)cc1OC. The summed E-state index contributed by atoms with van der Waals surface area (Å²) in [5.41, 5.74) is -0.186. The number of hydrogen-bond donors (Lipinski definition) is 2. The van der Waals surface area contributed by atoms with Crippen molar-refractivity contribution in [2.45, 2.75) is 32.1 Å². The third kappa shape index (κ3) is 5.88. The lowest BCUT2D eigenvalue weighted by molar-refractivity contribution is -0.137. The van der Waals surface area contributed by atoms with Gasteiger partial charge in [-0.15, -0.1) is 0 Å². The molecule has 2 rings (SSSR count). The fourth-order valence-electron chi connectivity index (χ4n) is 2.67. The number of alkyl halides is 3. The molecule has 2 aromatic carbocycles. The van der Waals surface area contributed by atoms with Gasteiger partial charge in [-0.1, -0.05) is 18.2 Å². The normalized spacial score (nSPS) is 12.4. The Balaban J connectivity index is 1.92. The summed E-state index contributed by atoms with van der Waals surface area (Å²) < 4.78 is 49.4. The van der Waals surface area contributed by atoms with Crippen LogP contribution in [0, 0.1) is 0 Å². The molecule has 1 amide bonds. The topological polar surface area (TPSA) is 59.6 Å². The van der Waals surface area contributed by atoms with Crippen molar-refractivity contribution in [2.24, 2.45) is 0 Å². The third-order valence-corrected chi connectivity index (χ3v) is 4.10. The van der Waals surface area contributed by atoms with E-state index in [0.717, 1.165) is 11.6 Å². The standard InChI is InChI=1S/C20H23F3N2O3/c1-13(24-12-14-8-9-17(27-2)18(11-14)28-3)10-19(26)25-16-7-5-4-6-15(16)20(21,22)23/h4-9,11,13,24H,10,12H2,1-3H3,(H,25,26). The molecular formula is C20H23F3N2O3. The largest absolute Gasteiger partial charge is 0.493 e. The third-order valence-electron chi connectivity index (χ3n) is 4.10. The summed E-state index contributed by atoms with van der Waals surface area (Å²) in [6.45, 7) is 2.25. The second-order valence-electron chi connectivity index (χ2n) is 6.27. The molecule has 2 aromatic rings. The van der Waals surface area contributed by atoms with Crippen molar-refractivity contribution in [1.29, 1.82) is 0 Å². The van der Waals surface area contributed by atoms with Crippen molar-refractivity contribution in [3.05, 3.63) is 53.6 Å². The minimum atomic E-state index is -4.53. The van der Waals surface area contributed by atoms with E-state index in [9.17, 15) is 18.0 Å². The highest BCUT2D eigenvalue weighted by Crippen LogP contribution is 2.34. The molecule has 0 aliphatic rings. The van der Waals surface area contributed by atoms with Crippen LogP contribution in [0.3, 0.4) is 0 Å². The van der Waals surface area contributed by atoms with Crippen molar-refractivity contribution in [3.63, 3.8) is 0 Å². The second kappa shape index (κ2) is 9.45. The zero-order chi connectivity index (χ0) is 20.7. The summed E-state index contributed by atoms with van der Waals surface area (Å²) in [5.74, 6) is 0.710. The summed E-state index contributed by atoms with van der Waals surface area (Å²) >= 11 is 0. The van der Waals surface area contributed by atoms with Gasteiger partial charge < -0.3 is 20.1 Å². The minimum Gasteiger partial charge on any atom is -0.493 e. The Morgan fingerprint density at radius 1 is 1.07 bits per heavy atom. The summed E-state index contributed by atoms with van der Waals surface area (Å²) in [6.07, 6.45) is -4.50. The molecule has 0 saturated heterocycles. The second-order valence-corrected chi connectivity index (χ2v) is 6.27. The summed E-state index contributed by atoms with van der Waals surface area (Å²) in [5, 5.41) is 5.51. The van der Waals surface area contributed by atoms with E-state index in [1.54, 1.807) is 27.2 Å². The van der Waals surface area contributed by atoms with Crippen molar-refractivity contribution in [1.82, 2.24) is 5.32 Å². The lowest BCUT2D eigenvalue weighted by Gasteiger charge is -2.17. The highest BCUT2D eigenvalue weighted by atomic mass is 19.4. The predicted molar refractivity (Wildman–Crippen MR) is 101 cm³/mol. The van der Waals surface area contributed by atoms with E-state index in [1.807, 2.05) is 12.1 Å². The molecule has 0 saturated carbocycles. The number of anilines is 1. The lowest BCUT2D eigenvalue weighted by Crippen LogP contribution is -2.30. The van der Waals surface area contributed by atoms with Crippen molar-refractivity contribution in [2.75, 3.05) is 19.5 Å². The molecular weight excluding hydrogens is 373 g/mol. The van der Waals surface area contributed by atoms with Gasteiger partial charge in [-0.25, -0.2) is 0 Å². The van der Waals surface area contributed by atoms with Gasteiger partial charge in [-0.3, -0.25) is 4.79 Å². The number of benzene rings is 2. The Hall–Kier alpha value is -2.74. The van der Waals surface area contributed by atoms with Gasteiger partial charge >= 0.3 is 6.18 Å². The minimum absolute atomic E-state index is 0.0273. The molecule has 0 spiro atoms. The number of halogens is 3. The zero-order valence-electron chi connectivity index (χ0n) is 15.9. The summed E-state index contributed by atoms with van der Waals surface area (Å²) in [4.78, 5) is 12.1. The molecule has 152 valence electrons. The highest BCUT2D eigenvalue weighted by molar-refractivity contribution is 5.92. The number of methoxy groups -OCH3 is 2. The van der Waals surface area contributed by atoms with Gasteiger partial charge in [-0.2, -0.15) is 13.2 Å². The van der Waals surface area contributed by atoms with E-state index in [2.05, 4.69) is 10.6 Å². The monoisotopic (exact) mass is 396 g/mol. The molecule has 1 unspecified atom stereocenters. The maximum atomic E-state index is 13.0. The van der Waals surface area contributed by atoms with Gasteiger partial charge in [0.2, 0.25) is 5.91 Å². The fourth-order valence-corrected chi connectivity index (χ4v) is 2.67. The molecule has 1 atom stereocenters. The maximum Gasteiger partial charge on any atom is 0.418 e. The Kier molecular flexibility index (Phi) is 7.28. The molecule has 5 nitrogen and oxygen atoms in total. The van der Waals surface area contributed by atoms with Gasteiger partial charge in [0.15, 0.2) is 11.5 Å². The number of hydrogen-bond acceptors (Lipinski definition) is 4. The number of amides is 1. The van der Waals surface area contributed by atoms with Crippen molar-refractivity contribution in [3.8, 4) is 11.5 Å². The van der Waals surface area contributed by atoms with Crippen LogP contribution in [0.1, 0.15) is 24.5 Å². The Morgan fingerprint density at radius 3 is 2.39 bits per heavy atom. The van der Waals surface area contributed by atoms with Crippen LogP contribution in [-0.4, -0.2) is 26.2 Å². The Labute approximate surface area is 161 Å². The highest BCUT2D eigenvalue weighted by Gasteiger charge is 2.33. The van der Waals surface area contributed by atoms with Gasteiger partial charge in [0.05, 0.1) is 25.5 Å². The Morgan fingerprint density at radius 2 is 1.75 bits per heavy atom. The van der Waals surface area contributed by atoms with E-state index < -0.39 is 17.6 Å². The van der Waals surface area contributed by atoms with E-state index >= 15 is 0 Å². The van der Waals surface area contributed by atoms with Crippen LogP contribution in [0.2, 0.25) is 0 Å². The summed E-state index contributed by atoms with van der Waals surface area (Å²) in [6, 6.07) is 10.1. The van der Waals surface area contributed by atoms with Crippen molar-refractivity contribution < 1.29 is 27.4 Å². The molecule has 0 aliphatic heterocycles. The van der Waals surface area contributed by atoms with Gasteiger partial charge in [0.1, 0.15) is 0 Å². The van der Waals surface area contributed by atoms with Crippen LogP contribution >= 0.6 is 0 Å². The number of nitrogens with one attached hydrogen (secondary N) is 2. The fraction of sp³-hybridized carbons (Fsp3) is 0.350. The first kappa shape index (κ1) is 21.6. The van der Waals surface area contributed by atoms with Crippen LogP contribution in [0.25, 0.3) is 0 Å². The average molecular weight is 396 g/mol. The first-order valence-corrected chi connectivity index (χ1v) is 8.65. The first-order chi connectivity index (χ1) is 13.2. The smallest absolute Gasteiger partial charge is 0.418 e. The predicted octanol–water partition coefficient (Wildman–Crippen LogP) is 4.23. The molecule has 0 radical (unpaired) electrons. The number of carbonyl (C=O) groups excluding carboxylic acids is 1. The van der Waals surface area contributed by atoms with Gasteiger partial charge in [0, 0.05) is 19.0 Å². The molecule has 0 heterocycles. The van der Waals surface area contributed by atoms with Crippen LogP contribution in [0.15, 0.2) is 42.5 Å². The van der Waals surface area contributed by atoms with Crippen LogP contribution < -0.4 is 20.1 Å². The number of carbonyl (C=O) groups is 1. The quantitative estimate of drug-likeness (QED) is 0.701. The van der Waals surface area contributed by atoms with E-state index in [1.165, 1.54) is 18.2 Å². The average Bonchev–Trinajstić information content (AvgIpc) is 2.65. The number of para-hydroxylation sites is 1. The first-order valence-electron chi connectivity index (χ1n) is 8.65. The maximum absolute atomic E-state index is 13.0. The van der Waals surface area contributed by atoms with E-state index in [-0.39, 0.29) is 18.2 Å². The van der Waals surface area contributed by atoms with E-state index in [4.69, 9.17) is 9.47 Å². The molecule has 28 heavy (non-hydrogen) atoms. The molecule has 0 aliphatic carbocycles. The van der Waals surface area contributed by atoms with Crippen LogP contribution in [0.4, 0.5) is 18.9 Å². The van der Waals surface area contributed by atoms with Crippen LogP contribution in [0.5, 0.6) is 11.5 Å². The lowest BCUT2D eigenvalue weighted by atomic mass is 10.1.